The van der Waals surface area contributed by atoms with Crippen molar-refractivity contribution in [1.82, 2.24) is 4.90 Å². The van der Waals surface area contributed by atoms with Crippen molar-refractivity contribution in [3.8, 4) is 5.75 Å². The third-order valence-electron chi connectivity index (χ3n) is 4.10. The quantitative estimate of drug-likeness (QED) is 0.714. The van der Waals surface area contributed by atoms with Crippen LogP contribution in [0.1, 0.15) is 38.2 Å². The van der Waals surface area contributed by atoms with Crippen molar-refractivity contribution in [3.05, 3.63) is 29.8 Å². The molecule has 0 aliphatic heterocycles. The van der Waals surface area contributed by atoms with Crippen LogP contribution in [0.25, 0.3) is 0 Å². The van der Waals surface area contributed by atoms with Crippen molar-refractivity contribution in [3.63, 3.8) is 0 Å². The lowest BCUT2D eigenvalue weighted by Gasteiger charge is -2.24. The molecule has 2 rings (SSSR count). The smallest absolute Gasteiger partial charge is 0.222 e. The van der Waals surface area contributed by atoms with Gasteiger partial charge in [-0.05, 0) is 56.7 Å². The third kappa shape index (κ3) is 4.26. The minimum Gasteiger partial charge on any atom is -0.494 e. The minimum absolute atomic E-state index is 0.234. The van der Waals surface area contributed by atoms with Crippen molar-refractivity contribution in [2.75, 3.05) is 13.7 Å². The predicted molar refractivity (Wildman–Crippen MR) is 80.9 cm³/mol. The van der Waals surface area contributed by atoms with Gasteiger partial charge in [-0.1, -0.05) is 12.1 Å². The van der Waals surface area contributed by atoms with E-state index in [0.717, 1.165) is 18.1 Å². The SMILES string of the molecule is Cc1cccc(OCCCC(=O)N(C)C(C)C2CC2)c1. The summed E-state index contributed by atoms with van der Waals surface area (Å²) in [5, 5.41) is 0. The molecule has 1 fully saturated rings. The normalized spacial score (nSPS) is 15.8. The molecule has 3 nitrogen and oxygen atoms in total. The topological polar surface area (TPSA) is 29.5 Å². The standard InChI is InChI=1S/C17H25NO2/c1-13-6-4-7-16(12-13)20-11-5-8-17(19)18(3)14(2)15-9-10-15/h4,6-7,12,14-15H,5,8-11H2,1-3H3. The Morgan fingerprint density at radius 3 is 2.85 bits per heavy atom. The Morgan fingerprint density at radius 2 is 2.20 bits per heavy atom. The molecular formula is C17H25NO2. The summed E-state index contributed by atoms with van der Waals surface area (Å²) < 4.78 is 5.67. The molecule has 1 unspecified atom stereocenters. The number of amides is 1. The van der Waals surface area contributed by atoms with Crippen LogP contribution in [0.2, 0.25) is 0 Å². The molecule has 1 aliphatic rings. The summed E-state index contributed by atoms with van der Waals surface area (Å²) in [5.41, 5.74) is 1.19. The largest absolute Gasteiger partial charge is 0.494 e. The van der Waals surface area contributed by atoms with Crippen molar-refractivity contribution in [1.29, 1.82) is 0 Å². The first-order valence-corrected chi connectivity index (χ1v) is 7.53. The maximum atomic E-state index is 12.1. The molecule has 0 aromatic heterocycles. The Labute approximate surface area is 121 Å². The first kappa shape index (κ1) is 14.9. The van der Waals surface area contributed by atoms with Gasteiger partial charge in [0.25, 0.3) is 0 Å². The Hall–Kier alpha value is -1.51. The Morgan fingerprint density at radius 1 is 1.45 bits per heavy atom. The van der Waals surface area contributed by atoms with Crippen LogP contribution in [0.15, 0.2) is 24.3 Å². The van der Waals surface area contributed by atoms with E-state index < -0.39 is 0 Å². The van der Waals surface area contributed by atoms with E-state index in [2.05, 4.69) is 6.92 Å². The van der Waals surface area contributed by atoms with Crippen LogP contribution in [0.3, 0.4) is 0 Å². The fourth-order valence-corrected chi connectivity index (χ4v) is 2.42. The Kier molecular flexibility index (Phi) is 5.05. The van der Waals surface area contributed by atoms with Crippen LogP contribution in [-0.2, 0) is 4.79 Å². The van der Waals surface area contributed by atoms with Gasteiger partial charge in [-0.2, -0.15) is 0 Å². The highest BCUT2D eigenvalue weighted by atomic mass is 16.5. The van der Waals surface area contributed by atoms with Crippen LogP contribution in [0.4, 0.5) is 0 Å². The number of benzene rings is 1. The van der Waals surface area contributed by atoms with Crippen LogP contribution in [-0.4, -0.2) is 30.5 Å². The lowest BCUT2D eigenvalue weighted by molar-refractivity contribution is -0.132. The van der Waals surface area contributed by atoms with E-state index in [9.17, 15) is 4.79 Å². The number of carbonyl (C=O) groups excluding carboxylic acids is 1. The minimum atomic E-state index is 0.234. The summed E-state index contributed by atoms with van der Waals surface area (Å²) in [6.07, 6.45) is 3.89. The molecule has 0 bridgehead atoms. The predicted octanol–water partition coefficient (Wildman–Crippen LogP) is 3.41. The molecule has 1 aromatic rings. The van der Waals surface area contributed by atoms with Gasteiger partial charge in [0.15, 0.2) is 0 Å². The highest BCUT2D eigenvalue weighted by Crippen LogP contribution is 2.34. The van der Waals surface area contributed by atoms with Crippen molar-refractivity contribution < 1.29 is 9.53 Å². The van der Waals surface area contributed by atoms with Gasteiger partial charge in [0.1, 0.15) is 5.75 Å². The highest BCUT2D eigenvalue weighted by Gasteiger charge is 2.32. The first-order chi connectivity index (χ1) is 9.58. The molecule has 3 heteroatoms. The molecule has 0 saturated heterocycles. The average molecular weight is 275 g/mol. The zero-order chi connectivity index (χ0) is 14.5. The van der Waals surface area contributed by atoms with E-state index in [1.165, 1.54) is 18.4 Å². The number of aryl methyl sites for hydroxylation is 1. The van der Waals surface area contributed by atoms with Gasteiger partial charge in [-0.15, -0.1) is 0 Å². The van der Waals surface area contributed by atoms with Crippen molar-refractivity contribution >= 4 is 5.91 Å². The first-order valence-electron chi connectivity index (χ1n) is 7.53. The third-order valence-corrected chi connectivity index (χ3v) is 4.10. The molecule has 1 aliphatic carbocycles. The number of carbonyl (C=O) groups is 1. The second-order valence-corrected chi connectivity index (χ2v) is 5.85. The van der Waals surface area contributed by atoms with Crippen molar-refractivity contribution in [2.24, 2.45) is 5.92 Å². The zero-order valence-electron chi connectivity index (χ0n) is 12.8. The van der Waals surface area contributed by atoms with Gasteiger partial charge >= 0.3 is 0 Å². The molecule has 1 aromatic carbocycles. The second-order valence-electron chi connectivity index (χ2n) is 5.85. The van der Waals surface area contributed by atoms with Crippen LogP contribution < -0.4 is 4.74 Å². The molecule has 20 heavy (non-hydrogen) atoms. The number of rotatable bonds is 7. The van der Waals surface area contributed by atoms with E-state index >= 15 is 0 Å². The second kappa shape index (κ2) is 6.78. The van der Waals surface area contributed by atoms with E-state index in [-0.39, 0.29) is 5.91 Å². The van der Waals surface area contributed by atoms with Gasteiger partial charge in [0.2, 0.25) is 5.91 Å². The molecular weight excluding hydrogens is 250 g/mol. The van der Waals surface area contributed by atoms with Crippen LogP contribution in [0.5, 0.6) is 5.75 Å². The van der Waals surface area contributed by atoms with Gasteiger partial charge in [0.05, 0.1) is 6.61 Å². The fourth-order valence-electron chi connectivity index (χ4n) is 2.42. The van der Waals surface area contributed by atoms with E-state index in [1.807, 2.05) is 43.1 Å². The molecule has 1 atom stereocenters. The number of nitrogens with zero attached hydrogens (tertiary/aromatic N) is 1. The van der Waals surface area contributed by atoms with Crippen LogP contribution >= 0.6 is 0 Å². The molecule has 1 amide bonds. The fraction of sp³-hybridized carbons (Fsp3) is 0.588. The number of ether oxygens (including phenoxy) is 1. The lowest BCUT2D eigenvalue weighted by atomic mass is 10.1. The molecule has 0 N–H and O–H groups in total. The maximum Gasteiger partial charge on any atom is 0.222 e. The highest BCUT2D eigenvalue weighted by molar-refractivity contribution is 5.76. The summed E-state index contributed by atoms with van der Waals surface area (Å²) in [6, 6.07) is 8.39. The number of hydrogen-bond donors (Lipinski definition) is 0. The molecule has 0 spiro atoms. The maximum absolute atomic E-state index is 12.1. The van der Waals surface area contributed by atoms with E-state index in [1.54, 1.807) is 0 Å². The van der Waals surface area contributed by atoms with Gasteiger partial charge in [-0.25, -0.2) is 0 Å². The summed E-state index contributed by atoms with van der Waals surface area (Å²) in [5.74, 6) is 1.85. The van der Waals surface area contributed by atoms with Gasteiger partial charge in [-0.3, -0.25) is 4.79 Å². The number of hydrogen-bond acceptors (Lipinski definition) is 2. The summed E-state index contributed by atoms with van der Waals surface area (Å²) in [7, 11) is 1.92. The van der Waals surface area contributed by atoms with E-state index in [4.69, 9.17) is 4.74 Å². The lowest BCUT2D eigenvalue weighted by Crippen LogP contribution is -2.36. The van der Waals surface area contributed by atoms with E-state index in [0.29, 0.717) is 19.1 Å². The van der Waals surface area contributed by atoms with Crippen molar-refractivity contribution in [2.45, 2.75) is 45.6 Å². The summed E-state index contributed by atoms with van der Waals surface area (Å²) >= 11 is 0. The average Bonchev–Trinajstić information content (AvgIpc) is 3.26. The van der Waals surface area contributed by atoms with Gasteiger partial charge < -0.3 is 9.64 Å². The van der Waals surface area contributed by atoms with Crippen LogP contribution in [0, 0.1) is 12.8 Å². The monoisotopic (exact) mass is 275 g/mol. The molecule has 0 heterocycles. The van der Waals surface area contributed by atoms with Gasteiger partial charge in [0, 0.05) is 19.5 Å². The Balaban J connectivity index is 1.66. The summed E-state index contributed by atoms with van der Waals surface area (Å²) in [4.78, 5) is 14.0. The molecule has 0 radical (unpaired) electrons. The summed E-state index contributed by atoms with van der Waals surface area (Å²) in [6.45, 7) is 4.80. The molecule has 1 saturated carbocycles. The zero-order valence-corrected chi connectivity index (χ0v) is 12.8. The Bertz CT molecular complexity index is 454. The molecule has 110 valence electrons.